The summed E-state index contributed by atoms with van der Waals surface area (Å²) in [5, 5.41) is 13.5. The summed E-state index contributed by atoms with van der Waals surface area (Å²) in [6.07, 6.45) is 4.91. The topological polar surface area (TPSA) is 66.4 Å². The van der Waals surface area contributed by atoms with Crippen molar-refractivity contribution in [1.82, 2.24) is 5.32 Å². The third-order valence-corrected chi connectivity index (χ3v) is 4.68. The van der Waals surface area contributed by atoms with Crippen LogP contribution >= 0.6 is 11.3 Å². The average Bonchev–Trinajstić information content (AvgIpc) is 2.82. The van der Waals surface area contributed by atoms with Crippen molar-refractivity contribution in [3.63, 3.8) is 0 Å². The minimum atomic E-state index is -0.817. The Morgan fingerprint density at radius 2 is 2.16 bits per heavy atom. The van der Waals surface area contributed by atoms with Crippen molar-refractivity contribution in [1.29, 1.82) is 0 Å². The Labute approximate surface area is 116 Å². The van der Waals surface area contributed by atoms with Crippen LogP contribution < -0.4 is 5.32 Å². The zero-order valence-corrected chi connectivity index (χ0v) is 11.9. The molecular formula is C14H19NO3S. The minimum Gasteiger partial charge on any atom is -0.481 e. The molecular weight excluding hydrogens is 262 g/mol. The van der Waals surface area contributed by atoms with Crippen LogP contribution in [0, 0.1) is 5.92 Å². The Hall–Kier alpha value is -1.36. The van der Waals surface area contributed by atoms with E-state index < -0.39 is 11.9 Å². The van der Waals surface area contributed by atoms with Crippen LogP contribution in [0.1, 0.15) is 47.0 Å². The highest BCUT2D eigenvalue weighted by atomic mass is 32.1. The van der Waals surface area contributed by atoms with Gasteiger partial charge in [-0.3, -0.25) is 9.59 Å². The molecule has 1 unspecified atom stereocenters. The van der Waals surface area contributed by atoms with Gasteiger partial charge in [0, 0.05) is 16.8 Å². The zero-order chi connectivity index (χ0) is 13.8. The van der Waals surface area contributed by atoms with E-state index in [1.54, 1.807) is 18.3 Å². The van der Waals surface area contributed by atoms with Crippen molar-refractivity contribution >= 4 is 23.2 Å². The van der Waals surface area contributed by atoms with E-state index >= 15 is 0 Å². The largest absolute Gasteiger partial charge is 0.481 e. The van der Waals surface area contributed by atoms with Crippen molar-refractivity contribution < 1.29 is 14.7 Å². The van der Waals surface area contributed by atoms with Gasteiger partial charge in [-0.2, -0.15) is 0 Å². The van der Waals surface area contributed by atoms with Crippen LogP contribution in [-0.2, 0) is 17.6 Å². The molecule has 4 nitrogen and oxygen atoms in total. The number of carboxylic acids is 1. The molecule has 0 saturated carbocycles. The first-order chi connectivity index (χ1) is 9.09. The van der Waals surface area contributed by atoms with Gasteiger partial charge in [0.25, 0.3) is 5.91 Å². The number of thiophene rings is 1. The second-order valence-electron chi connectivity index (χ2n) is 5.04. The van der Waals surface area contributed by atoms with Gasteiger partial charge in [-0.25, -0.2) is 0 Å². The quantitative estimate of drug-likeness (QED) is 0.871. The number of hydrogen-bond donors (Lipinski definition) is 2. The average molecular weight is 281 g/mol. The van der Waals surface area contributed by atoms with Crippen LogP contribution in [-0.4, -0.2) is 23.5 Å². The molecule has 0 bridgehead atoms. The summed E-state index contributed by atoms with van der Waals surface area (Å²) >= 11 is 1.67. The van der Waals surface area contributed by atoms with Gasteiger partial charge in [-0.1, -0.05) is 6.92 Å². The van der Waals surface area contributed by atoms with Gasteiger partial charge in [-0.15, -0.1) is 11.3 Å². The summed E-state index contributed by atoms with van der Waals surface area (Å²) in [4.78, 5) is 24.1. The van der Waals surface area contributed by atoms with Crippen LogP contribution in [0.4, 0.5) is 0 Å². The van der Waals surface area contributed by atoms with Crippen LogP contribution in [0.5, 0.6) is 0 Å². The SMILES string of the molecule is CC(CCNC(=O)c1csc2c1CCCC2)C(=O)O. The lowest BCUT2D eigenvalue weighted by molar-refractivity contribution is -0.141. The van der Waals surface area contributed by atoms with Crippen LogP contribution in [0.25, 0.3) is 0 Å². The lowest BCUT2D eigenvalue weighted by atomic mass is 9.95. The van der Waals surface area contributed by atoms with Crippen molar-refractivity contribution in [2.75, 3.05) is 6.54 Å². The van der Waals surface area contributed by atoms with Crippen LogP contribution in [0.2, 0.25) is 0 Å². The summed E-state index contributed by atoms with van der Waals surface area (Å²) in [7, 11) is 0. The zero-order valence-electron chi connectivity index (χ0n) is 11.1. The molecule has 5 heteroatoms. The van der Waals surface area contributed by atoms with Crippen molar-refractivity contribution in [3.8, 4) is 0 Å². The fourth-order valence-corrected chi connectivity index (χ4v) is 3.43. The van der Waals surface area contributed by atoms with Gasteiger partial charge in [0.2, 0.25) is 0 Å². The molecule has 0 aliphatic heterocycles. The molecule has 0 radical (unpaired) electrons. The number of rotatable bonds is 5. The van der Waals surface area contributed by atoms with Crippen LogP contribution in [0.15, 0.2) is 5.38 Å². The molecule has 2 N–H and O–H groups in total. The van der Waals surface area contributed by atoms with Crippen molar-refractivity contribution in [2.24, 2.45) is 5.92 Å². The first kappa shape index (κ1) is 14.1. The van der Waals surface area contributed by atoms with Crippen molar-refractivity contribution in [3.05, 3.63) is 21.4 Å². The second-order valence-corrected chi connectivity index (χ2v) is 6.01. The standard InChI is InChI=1S/C14H19NO3S/c1-9(14(17)18)6-7-15-13(16)11-8-19-12-5-3-2-4-10(11)12/h8-9H,2-7H2,1H3,(H,15,16)(H,17,18). The fraction of sp³-hybridized carbons (Fsp3) is 0.571. The summed E-state index contributed by atoms with van der Waals surface area (Å²) < 4.78 is 0. The third kappa shape index (κ3) is 3.35. The molecule has 1 heterocycles. The van der Waals surface area contributed by atoms with Gasteiger partial charge < -0.3 is 10.4 Å². The number of aliphatic carboxylic acids is 1. The summed E-state index contributed by atoms with van der Waals surface area (Å²) in [5.41, 5.74) is 2.00. The molecule has 19 heavy (non-hydrogen) atoms. The van der Waals surface area contributed by atoms with Gasteiger partial charge in [0.05, 0.1) is 11.5 Å². The monoisotopic (exact) mass is 281 g/mol. The van der Waals surface area contributed by atoms with E-state index in [0.29, 0.717) is 13.0 Å². The van der Waals surface area contributed by atoms with Gasteiger partial charge in [0.15, 0.2) is 0 Å². The first-order valence-electron chi connectivity index (χ1n) is 6.70. The molecule has 0 spiro atoms. The van der Waals surface area contributed by atoms with E-state index in [2.05, 4.69) is 5.32 Å². The summed E-state index contributed by atoms with van der Waals surface area (Å²) in [5.74, 6) is -1.30. The first-order valence-corrected chi connectivity index (χ1v) is 7.57. The predicted octanol–water partition coefficient (Wildman–Crippen LogP) is 2.47. The maximum absolute atomic E-state index is 12.1. The van der Waals surface area contributed by atoms with E-state index in [4.69, 9.17) is 5.11 Å². The molecule has 1 atom stereocenters. The highest BCUT2D eigenvalue weighted by molar-refractivity contribution is 7.10. The molecule has 104 valence electrons. The van der Waals surface area contributed by atoms with E-state index in [9.17, 15) is 9.59 Å². The molecule has 0 fully saturated rings. The normalized spacial score (nSPS) is 15.6. The molecule has 1 aliphatic rings. The smallest absolute Gasteiger partial charge is 0.306 e. The maximum atomic E-state index is 12.1. The molecule has 1 amide bonds. The van der Waals surface area contributed by atoms with Crippen molar-refractivity contribution in [2.45, 2.75) is 39.0 Å². The number of hydrogen-bond acceptors (Lipinski definition) is 3. The Kier molecular flexibility index (Phi) is 4.58. The van der Waals surface area contributed by atoms with Gasteiger partial charge in [-0.05, 0) is 37.7 Å². The molecule has 0 aromatic carbocycles. The fourth-order valence-electron chi connectivity index (χ4n) is 2.31. The number of nitrogens with one attached hydrogen (secondary N) is 1. The van der Waals surface area contributed by atoms with Gasteiger partial charge >= 0.3 is 5.97 Å². The minimum absolute atomic E-state index is 0.0583. The number of fused-ring (bicyclic) bond motifs is 1. The predicted molar refractivity (Wildman–Crippen MR) is 74.7 cm³/mol. The summed E-state index contributed by atoms with van der Waals surface area (Å²) in [6, 6.07) is 0. The van der Waals surface area contributed by atoms with E-state index in [0.717, 1.165) is 24.8 Å². The second kappa shape index (κ2) is 6.19. The molecule has 1 aliphatic carbocycles. The number of aryl methyl sites for hydroxylation is 1. The Morgan fingerprint density at radius 3 is 2.89 bits per heavy atom. The number of carbonyl (C=O) groups excluding carboxylic acids is 1. The highest BCUT2D eigenvalue weighted by Gasteiger charge is 2.20. The van der Waals surface area contributed by atoms with Crippen LogP contribution in [0.3, 0.4) is 0 Å². The Bertz CT molecular complexity index is 481. The van der Waals surface area contributed by atoms with E-state index in [1.807, 2.05) is 5.38 Å². The highest BCUT2D eigenvalue weighted by Crippen LogP contribution is 2.30. The van der Waals surface area contributed by atoms with E-state index in [1.165, 1.54) is 16.9 Å². The number of carboxylic acid groups (broad SMARTS) is 1. The number of amides is 1. The molecule has 1 aromatic heterocycles. The molecule has 0 saturated heterocycles. The summed E-state index contributed by atoms with van der Waals surface area (Å²) in [6.45, 7) is 2.07. The third-order valence-electron chi connectivity index (χ3n) is 3.59. The lowest BCUT2D eigenvalue weighted by Crippen LogP contribution is -2.27. The maximum Gasteiger partial charge on any atom is 0.306 e. The molecule has 1 aromatic rings. The Morgan fingerprint density at radius 1 is 1.42 bits per heavy atom. The van der Waals surface area contributed by atoms with E-state index in [-0.39, 0.29) is 5.91 Å². The van der Waals surface area contributed by atoms with Gasteiger partial charge in [0.1, 0.15) is 0 Å². The Balaban J connectivity index is 1.90. The lowest BCUT2D eigenvalue weighted by Gasteiger charge is -2.13. The molecule has 2 rings (SSSR count). The number of carbonyl (C=O) groups is 2.